The maximum absolute atomic E-state index is 11.7. The molecule has 0 aromatic carbocycles. The Bertz CT molecular complexity index is 636. The largest absolute Gasteiger partial charge is 0.465 e. The predicted octanol–water partition coefficient (Wildman–Crippen LogP) is 1.86. The van der Waals surface area contributed by atoms with E-state index in [4.69, 9.17) is 5.11 Å². The molecule has 17 heavy (non-hydrogen) atoms. The number of rotatable bonds is 2. The first-order valence-corrected chi connectivity index (χ1v) is 6.20. The molecule has 2 heterocycles. The SMILES string of the molecule is CN(Cc1nc2cc(Br)sc2c(=O)[nH]1)C(=O)O. The summed E-state index contributed by atoms with van der Waals surface area (Å²) in [6.07, 6.45) is -1.07. The number of nitrogens with zero attached hydrogens (tertiary/aromatic N) is 2. The van der Waals surface area contributed by atoms with Gasteiger partial charge in [-0.15, -0.1) is 11.3 Å². The summed E-state index contributed by atoms with van der Waals surface area (Å²) < 4.78 is 1.34. The van der Waals surface area contributed by atoms with Crippen LogP contribution in [0.5, 0.6) is 0 Å². The normalized spacial score (nSPS) is 10.7. The summed E-state index contributed by atoms with van der Waals surface area (Å²) >= 11 is 4.57. The number of halogens is 1. The number of aromatic nitrogens is 2. The van der Waals surface area contributed by atoms with Crippen molar-refractivity contribution in [3.05, 3.63) is 26.0 Å². The second-order valence-corrected chi connectivity index (χ2v) is 5.85. The van der Waals surface area contributed by atoms with Crippen molar-refractivity contribution in [1.29, 1.82) is 0 Å². The molecule has 0 aliphatic rings. The second kappa shape index (κ2) is 4.46. The van der Waals surface area contributed by atoms with Gasteiger partial charge in [0.25, 0.3) is 5.56 Å². The minimum Gasteiger partial charge on any atom is -0.465 e. The van der Waals surface area contributed by atoms with Crippen molar-refractivity contribution in [2.24, 2.45) is 0 Å². The van der Waals surface area contributed by atoms with Crippen molar-refractivity contribution in [2.45, 2.75) is 6.54 Å². The highest BCUT2D eigenvalue weighted by atomic mass is 79.9. The molecule has 90 valence electrons. The lowest BCUT2D eigenvalue weighted by molar-refractivity contribution is 0.152. The Hall–Kier alpha value is -1.41. The summed E-state index contributed by atoms with van der Waals surface area (Å²) in [6.45, 7) is 0.0496. The lowest BCUT2D eigenvalue weighted by Crippen LogP contribution is -2.26. The quantitative estimate of drug-likeness (QED) is 0.885. The van der Waals surface area contributed by atoms with Crippen LogP contribution in [0, 0.1) is 0 Å². The van der Waals surface area contributed by atoms with Gasteiger partial charge in [0, 0.05) is 7.05 Å². The molecule has 2 rings (SSSR count). The second-order valence-electron chi connectivity index (χ2n) is 3.42. The molecule has 0 aliphatic carbocycles. The van der Waals surface area contributed by atoms with Crippen LogP contribution in [-0.2, 0) is 6.54 Å². The van der Waals surface area contributed by atoms with Gasteiger partial charge in [0.15, 0.2) is 0 Å². The van der Waals surface area contributed by atoms with E-state index >= 15 is 0 Å². The van der Waals surface area contributed by atoms with Crippen LogP contribution < -0.4 is 5.56 Å². The fourth-order valence-electron chi connectivity index (χ4n) is 1.33. The van der Waals surface area contributed by atoms with E-state index in [-0.39, 0.29) is 12.1 Å². The summed E-state index contributed by atoms with van der Waals surface area (Å²) in [5.74, 6) is 0.331. The van der Waals surface area contributed by atoms with E-state index in [1.165, 1.54) is 18.4 Å². The molecule has 2 aromatic heterocycles. The van der Waals surface area contributed by atoms with Crippen LogP contribution in [0.25, 0.3) is 10.2 Å². The zero-order chi connectivity index (χ0) is 12.6. The molecule has 0 aliphatic heterocycles. The highest BCUT2D eigenvalue weighted by Crippen LogP contribution is 2.25. The first-order chi connectivity index (χ1) is 7.97. The minimum absolute atomic E-state index is 0.0496. The molecule has 2 N–H and O–H groups in total. The molecule has 1 amide bonds. The van der Waals surface area contributed by atoms with E-state index in [9.17, 15) is 9.59 Å². The molecule has 0 bridgehead atoms. The van der Waals surface area contributed by atoms with Crippen molar-refractivity contribution in [1.82, 2.24) is 14.9 Å². The van der Waals surface area contributed by atoms with E-state index in [0.717, 1.165) is 8.69 Å². The van der Waals surface area contributed by atoms with E-state index < -0.39 is 6.09 Å². The van der Waals surface area contributed by atoms with Crippen molar-refractivity contribution in [2.75, 3.05) is 7.05 Å². The van der Waals surface area contributed by atoms with Crippen LogP contribution in [-0.4, -0.2) is 33.1 Å². The maximum Gasteiger partial charge on any atom is 0.407 e. The van der Waals surface area contributed by atoms with Gasteiger partial charge in [-0.25, -0.2) is 9.78 Å². The summed E-state index contributed by atoms with van der Waals surface area (Å²) in [5, 5.41) is 8.73. The van der Waals surface area contributed by atoms with Crippen LogP contribution in [0.15, 0.2) is 14.6 Å². The molecule has 0 spiro atoms. The Balaban J connectivity index is 2.43. The average molecular weight is 318 g/mol. The highest BCUT2D eigenvalue weighted by Gasteiger charge is 2.11. The van der Waals surface area contributed by atoms with Gasteiger partial charge in [-0.1, -0.05) is 0 Å². The number of hydrogen-bond donors (Lipinski definition) is 2. The first kappa shape index (κ1) is 12.1. The van der Waals surface area contributed by atoms with Gasteiger partial charge in [0.05, 0.1) is 15.8 Å². The summed E-state index contributed by atoms with van der Waals surface area (Å²) in [6, 6.07) is 1.74. The molecule has 0 unspecified atom stereocenters. The van der Waals surface area contributed by atoms with Crippen molar-refractivity contribution < 1.29 is 9.90 Å². The van der Waals surface area contributed by atoms with Gasteiger partial charge in [0.1, 0.15) is 10.5 Å². The summed E-state index contributed by atoms with van der Waals surface area (Å²) in [5.41, 5.74) is 0.318. The minimum atomic E-state index is -1.07. The smallest absolute Gasteiger partial charge is 0.407 e. The molecule has 0 fully saturated rings. The zero-order valence-electron chi connectivity index (χ0n) is 8.73. The van der Waals surface area contributed by atoms with Crippen LogP contribution in [0.3, 0.4) is 0 Å². The third-order valence-electron chi connectivity index (χ3n) is 2.12. The standard InChI is InChI=1S/C9H8BrN3O3S/c1-13(9(15)16)3-6-11-4-2-5(10)17-7(4)8(14)12-6/h2H,3H2,1H3,(H,15,16)(H,11,12,14). The Morgan fingerprint density at radius 2 is 2.41 bits per heavy atom. The van der Waals surface area contributed by atoms with Crippen molar-refractivity contribution in [3.8, 4) is 0 Å². The highest BCUT2D eigenvalue weighted by molar-refractivity contribution is 9.11. The molecule has 6 nitrogen and oxygen atoms in total. The van der Waals surface area contributed by atoms with Gasteiger partial charge < -0.3 is 15.0 Å². The molecule has 2 aromatic rings. The number of amides is 1. The van der Waals surface area contributed by atoms with Crippen LogP contribution in [0.4, 0.5) is 4.79 Å². The lowest BCUT2D eigenvalue weighted by atomic mass is 10.4. The maximum atomic E-state index is 11.7. The molecule has 0 saturated heterocycles. The molecule has 8 heteroatoms. The first-order valence-electron chi connectivity index (χ1n) is 4.59. The number of carbonyl (C=O) groups is 1. The lowest BCUT2D eigenvalue weighted by Gasteiger charge is -2.11. The van der Waals surface area contributed by atoms with Crippen molar-refractivity contribution in [3.63, 3.8) is 0 Å². The fourth-order valence-corrected chi connectivity index (χ4v) is 2.75. The van der Waals surface area contributed by atoms with Gasteiger partial charge >= 0.3 is 6.09 Å². The molecular formula is C9H8BrN3O3S. The summed E-state index contributed by atoms with van der Waals surface area (Å²) in [7, 11) is 1.41. The van der Waals surface area contributed by atoms with Crippen molar-refractivity contribution >= 4 is 43.6 Å². The molecule has 0 radical (unpaired) electrons. The Morgan fingerprint density at radius 3 is 3.06 bits per heavy atom. The van der Waals surface area contributed by atoms with Gasteiger partial charge in [0.2, 0.25) is 0 Å². The summed E-state index contributed by atoms with van der Waals surface area (Å²) in [4.78, 5) is 30.2. The number of aromatic amines is 1. The van der Waals surface area contributed by atoms with E-state index in [1.54, 1.807) is 6.07 Å². The Morgan fingerprint density at radius 1 is 1.71 bits per heavy atom. The van der Waals surface area contributed by atoms with E-state index in [1.807, 2.05) is 0 Å². The molecular weight excluding hydrogens is 310 g/mol. The monoisotopic (exact) mass is 317 g/mol. The Kier molecular flexibility index (Phi) is 3.16. The van der Waals surface area contributed by atoms with E-state index in [2.05, 4.69) is 25.9 Å². The number of carboxylic acid groups (broad SMARTS) is 1. The van der Waals surface area contributed by atoms with Gasteiger partial charge in [-0.2, -0.15) is 0 Å². The number of fused-ring (bicyclic) bond motifs is 1. The number of H-pyrrole nitrogens is 1. The van der Waals surface area contributed by atoms with E-state index in [0.29, 0.717) is 16.0 Å². The third-order valence-corrected chi connectivity index (χ3v) is 3.74. The number of nitrogens with one attached hydrogen (secondary N) is 1. The average Bonchev–Trinajstić information content (AvgIpc) is 2.59. The van der Waals surface area contributed by atoms with Crippen LogP contribution >= 0.6 is 27.3 Å². The molecule has 0 saturated carbocycles. The fraction of sp³-hybridized carbons (Fsp3) is 0.222. The number of hydrogen-bond acceptors (Lipinski definition) is 4. The van der Waals surface area contributed by atoms with Crippen LogP contribution in [0.2, 0.25) is 0 Å². The number of thiophene rings is 1. The zero-order valence-corrected chi connectivity index (χ0v) is 11.1. The van der Waals surface area contributed by atoms with Gasteiger partial charge in [-0.05, 0) is 22.0 Å². The predicted molar refractivity (Wildman–Crippen MR) is 67.4 cm³/mol. The topological polar surface area (TPSA) is 86.3 Å². The Labute approximate surface area is 108 Å². The third kappa shape index (κ3) is 2.47. The van der Waals surface area contributed by atoms with Gasteiger partial charge in [-0.3, -0.25) is 4.79 Å². The van der Waals surface area contributed by atoms with Crippen LogP contribution in [0.1, 0.15) is 5.82 Å². The molecule has 0 atom stereocenters.